The maximum atomic E-state index is 13.8. The molecule has 0 radical (unpaired) electrons. The molecule has 2 aromatic heterocycles. The van der Waals surface area contributed by atoms with Crippen LogP contribution in [0, 0.1) is 6.92 Å². The van der Waals surface area contributed by atoms with E-state index in [4.69, 9.17) is 21.3 Å². The second kappa shape index (κ2) is 8.37. The normalized spacial score (nSPS) is 11.3. The van der Waals surface area contributed by atoms with Crippen LogP contribution < -0.4 is 10.3 Å². The number of hydrogen-bond acceptors (Lipinski definition) is 4. The molecule has 0 saturated carbocycles. The molecular weight excluding hydrogens is 442 g/mol. The quantitative estimate of drug-likeness (QED) is 0.252. The first-order valence-corrected chi connectivity index (χ1v) is 11.5. The Morgan fingerprint density at radius 3 is 2.75 bits per heavy atom. The van der Waals surface area contributed by atoms with Gasteiger partial charge in [-0.2, -0.15) is 0 Å². The number of aromatic amines is 1. The Balaban J connectivity index is 1.76. The molecule has 0 bridgehead atoms. The van der Waals surface area contributed by atoms with Crippen molar-refractivity contribution in [2.45, 2.75) is 17.8 Å². The van der Waals surface area contributed by atoms with Crippen molar-refractivity contribution in [3.05, 3.63) is 93.2 Å². The number of benzene rings is 3. The molecule has 0 aliphatic carbocycles. The van der Waals surface area contributed by atoms with Gasteiger partial charge in [0.05, 0.1) is 12.8 Å². The number of aromatic nitrogens is 3. The predicted octanol–water partition coefficient (Wildman–Crippen LogP) is 6.13. The molecule has 160 valence electrons. The van der Waals surface area contributed by atoms with Gasteiger partial charge in [0.2, 0.25) is 0 Å². The average molecular weight is 462 g/mol. The van der Waals surface area contributed by atoms with Gasteiger partial charge in [0, 0.05) is 21.7 Å². The van der Waals surface area contributed by atoms with E-state index >= 15 is 0 Å². The molecule has 5 rings (SSSR count). The average Bonchev–Trinajstić information content (AvgIpc) is 3.17. The number of nitrogens with one attached hydrogen (secondary N) is 1. The van der Waals surface area contributed by atoms with Crippen molar-refractivity contribution < 1.29 is 4.74 Å². The Morgan fingerprint density at radius 1 is 1.09 bits per heavy atom. The van der Waals surface area contributed by atoms with E-state index in [-0.39, 0.29) is 5.56 Å². The van der Waals surface area contributed by atoms with Gasteiger partial charge in [-0.25, -0.2) is 9.55 Å². The van der Waals surface area contributed by atoms with E-state index < -0.39 is 0 Å². The lowest BCUT2D eigenvalue weighted by molar-refractivity contribution is 0.411. The van der Waals surface area contributed by atoms with Crippen molar-refractivity contribution in [2.24, 2.45) is 0 Å². The summed E-state index contributed by atoms with van der Waals surface area (Å²) in [6.45, 7) is 1.99. The number of aryl methyl sites for hydroxylation is 1. The summed E-state index contributed by atoms with van der Waals surface area (Å²) in [4.78, 5) is 22.0. The number of rotatable bonds is 5. The third-order valence-electron chi connectivity index (χ3n) is 5.33. The van der Waals surface area contributed by atoms with Gasteiger partial charge in [0.15, 0.2) is 5.16 Å². The molecule has 7 heteroatoms. The van der Waals surface area contributed by atoms with Gasteiger partial charge in [0.1, 0.15) is 16.8 Å². The molecular formula is C25H20ClN3O2S. The molecule has 0 amide bonds. The molecule has 0 unspecified atom stereocenters. The highest BCUT2D eigenvalue weighted by Gasteiger charge is 2.19. The second-order valence-electron chi connectivity index (χ2n) is 7.52. The maximum Gasteiger partial charge on any atom is 0.283 e. The molecule has 3 aromatic carbocycles. The third-order valence-corrected chi connectivity index (χ3v) is 6.57. The van der Waals surface area contributed by atoms with Gasteiger partial charge in [-0.3, -0.25) is 4.79 Å². The van der Waals surface area contributed by atoms with Gasteiger partial charge in [-0.05, 0) is 48.4 Å². The SMILES string of the molecule is COc1ccc(C)cc1-n1c(SCc2cccc(Cl)c2)nc2c([nH]c3ccccc32)c1=O. The fraction of sp³-hybridized carbons (Fsp3) is 0.120. The van der Waals surface area contributed by atoms with E-state index in [1.807, 2.05) is 73.7 Å². The van der Waals surface area contributed by atoms with E-state index in [0.717, 1.165) is 22.0 Å². The smallest absolute Gasteiger partial charge is 0.283 e. The monoisotopic (exact) mass is 461 g/mol. The zero-order valence-corrected chi connectivity index (χ0v) is 19.1. The number of hydrogen-bond donors (Lipinski definition) is 1. The maximum absolute atomic E-state index is 13.8. The highest BCUT2D eigenvalue weighted by Crippen LogP contribution is 2.31. The Hall–Kier alpha value is -3.22. The summed E-state index contributed by atoms with van der Waals surface area (Å²) >= 11 is 7.66. The number of ether oxygens (including phenoxy) is 1. The summed E-state index contributed by atoms with van der Waals surface area (Å²) in [6, 6.07) is 21.3. The molecule has 5 aromatic rings. The minimum atomic E-state index is -0.163. The Morgan fingerprint density at radius 2 is 1.94 bits per heavy atom. The summed E-state index contributed by atoms with van der Waals surface area (Å²) in [6.07, 6.45) is 0. The number of H-pyrrole nitrogens is 1. The number of thioether (sulfide) groups is 1. The summed E-state index contributed by atoms with van der Waals surface area (Å²) in [7, 11) is 1.60. The molecule has 0 aliphatic heterocycles. The number of nitrogens with zero attached hydrogens (tertiary/aromatic N) is 2. The van der Waals surface area contributed by atoms with Crippen molar-refractivity contribution in [3.63, 3.8) is 0 Å². The predicted molar refractivity (Wildman–Crippen MR) is 131 cm³/mol. The molecule has 5 nitrogen and oxygen atoms in total. The summed E-state index contributed by atoms with van der Waals surface area (Å²) in [5.41, 5.74) is 4.60. The number of fused-ring (bicyclic) bond motifs is 3. The van der Waals surface area contributed by atoms with Crippen molar-refractivity contribution >= 4 is 45.3 Å². The molecule has 0 spiro atoms. The van der Waals surface area contributed by atoms with Crippen LogP contribution in [0.3, 0.4) is 0 Å². The van der Waals surface area contributed by atoms with Gasteiger partial charge < -0.3 is 9.72 Å². The summed E-state index contributed by atoms with van der Waals surface area (Å²) < 4.78 is 7.23. The third kappa shape index (κ3) is 3.66. The standard InChI is InChI=1S/C25H20ClN3O2S/c1-15-10-11-21(31-2)20(12-15)29-24(30)23-22(18-8-3-4-9-19(18)27-23)28-25(29)32-14-16-6-5-7-17(26)13-16/h3-13,27H,14H2,1-2H3. The number of methoxy groups -OCH3 is 1. The first-order chi connectivity index (χ1) is 15.5. The van der Waals surface area contributed by atoms with Gasteiger partial charge in [0.25, 0.3) is 5.56 Å². The highest BCUT2D eigenvalue weighted by molar-refractivity contribution is 7.98. The van der Waals surface area contributed by atoms with Crippen molar-refractivity contribution in [1.82, 2.24) is 14.5 Å². The fourth-order valence-electron chi connectivity index (χ4n) is 3.80. The van der Waals surface area contributed by atoms with Crippen LogP contribution in [0.4, 0.5) is 0 Å². The zero-order valence-electron chi connectivity index (χ0n) is 17.6. The van der Waals surface area contributed by atoms with Gasteiger partial charge >= 0.3 is 0 Å². The molecule has 0 aliphatic rings. The molecule has 0 atom stereocenters. The molecule has 2 heterocycles. The van der Waals surface area contributed by atoms with E-state index in [0.29, 0.717) is 38.4 Å². The number of para-hydroxylation sites is 1. The van der Waals surface area contributed by atoms with E-state index in [1.54, 1.807) is 11.7 Å². The summed E-state index contributed by atoms with van der Waals surface area (Å²) in [5, 5.41) is 2.20. The lowest BCUT2D eigenvalue weighted by atomic mass is 10.2. The van der Waals surface area contributed by atoms with Crippen LogP contribution >= 0.6 is 23.4 Å². The van der Waals surface area contributed by atoms with Crippen molar-refractivity contribution in [2.75, 3.05) is 7.11 Å². The highest BCUT2D eigenvalue weighted by atomic mass is 35.5. The fourth-order valence-corrected chi connectivity index (χ4v) is 4.96. The van der Waals surface area contributed by atoms with Gasteiger partial charge in [-0.1, -0.05) is 59.8 Å². The van der Waals surface area contributed by atoms with Crippen LogP contribution in [-0.2, 0) is 5.75 Å². The van der Waals surface area contributed by atoms with E-state index in [9.17, 15) is 4.79 Å². The largest absolute Gasteiger partial charge is 0.495 e. The van der Waals surface area contributed by atoms with E-state index in [1.165, 1.54) is 11.8 Å². The Bertz CT molecular complexity index is 1520. The lowest BCUT2D eigenvalue weighted by Crippen LogP contribution is -2.22. The summed E-state index contributed by atoms with van der Waals surface area (Å²) in [5.74, 6) is 1.23. The van der Waals surface area contributed by atoms with Crippen LogP contribution in [-0.4, -0.2) is 21.6 Å². The lowest BCUT2D eigenvalue weighted by Gasteiger charge is -2.16. The van der Waals surface area contributed by atoms with Crippen LogP contribution in [0.2, 0.25) is 5.02 Å². The van der Waals surface area contributed by atoms with Crippen molar-refractivity contribution in [1.29, 1.82) is 0 Å². The second-order valence-corrected chi connectivity index (χ2v) is 8.90. The first-order valence-electron chi connectivity index (χ1n) is 10.1. The van der Waals surface area contributed by atoms with Crippen LogP contribution in [0.25, 0.3) is 27.6 Å². The van der Waals surface area contributed by atoms with Crippen molar-refractivity contribution in [3.8, 4) is 11.4 Å². The Labute approximate surface area is 194 Å². The molecule has 0 fully saturated rings. The van der Waals surface area contributed by atoms with E-state index in [2.05, 4.69) is 4.98 Å². The van der Waals surface area contributed by atoms with Crippen LogP contribution in [0.1, 0.15) is 11.1 Å². The number of halogens is 1. The van der Waals surface area contributed by atoms with Crippen LogP contribution in [0.15, 0.2) is 76.7 Å². The minimum Gasteiger partial charge on any atom is -0.495 e. The minimum absolute atomic E-state index is 0.163. The Kier molecular flexibility index (Phi) is 5.41. The van der Waals surface area contributed by atoms with Crippen LogP contribution in [0.5, 0.6) is 5.75 Å². The molecule has 0 saturated heterocycles. The zero-order chi connectivity index (χ0) is 22.2. The molecule has 32 heavy (non-hydrogen) atoms. The first kappa shape index (κ1) is 20.7. The molecule has 1 N–H and O–H groups in total. The topological polar surface area (TPSA) is 59.9 Å². The van der Waals surface area contributed by atoms with Gasteiger partial charge in [-0.15, -0.1) is 0 Å².